The number of hydrogen-bond acceptors (Lipinski definition) is 8. The summed E-state index contributed by atoms with van der Waals surface area (Å²) in [6.45, 7) is 0. The zero-order chi connectivity index (χ0) is 20.1. The smallest absolute Gasteiger partial charge is 0.326 e. The maximum absolute atomic E-state index is 11.0. The van der Waals surface area contributed by atoms with Gasteiger partial charge in [-0.05, 0) is 12.2 Å². The third kappa shape index (κ3) is 5.20. The van der Waals surface area contributed by atoms with Crippen LogP contribution >= 0.6 is 23.1 Å². The number of fused-ring (bicyclic) bond motifs is 1. The lowest BCUT2D eigenvalue weighted by molar-refractivity contribution is -0.158. The minimum atomic E-state index is -1.04. The number of primary amides is 1. The molecule has 0 aromatic carbocycles. The van der Waals surface area contributed by atoms with Gasteiger partial charge in [0.2, 0.25) is 5.91 Å². The van der Waals surface area contributed by atoms with Gasteiger partial charge in [0, 0.05) is 5.38 Å². The Balaban J connectivity index is 0.000000198. The molecule has 6 N–H and O–H groups in total. The van der Waals surface area contributed by atoms with Crippen molar-refractivity contribution in [2.45, 2.75) is 30.7 Å². The zero-order valence-corrected chi connectivity index (χ0v) is 15.7. The number of carbonyl (C=O) groups excluding carboxylic acids is 2. The molecular weight excluding hydrogens is 396 g/mol. The molecule has 10 nitrogen and oxygen atoms in total. The highest BCUT2D eigenvalue weighted by Crippen LogP contribution is 2.37. The summed E-state index contributed by atoms with van der Waals surface area (Å²) in [5.41, 5.74) is 10.9. The Bertz CT molecular complexity index is 785. The first kappa shape index (κ1) is 20.7. The van der Waals surface area contributed by atoms with E-state index in [0.29, 0.717) is 23.7 Å². The van der Waals surface area contributed by atoms with Gasteiger partial charge in [0.05, 0.1) is 29.5 Å². The number of β-lactam (4-membered cyclic amide) rings is 1. The van der Waals surface area contributed by atoms with Gasteiger partial charge >= 0.3 is 11.9 Å². The monoisotopic (exact) mass is 414 g/mol. The molecule has 2 atom stereocenters. The van der Waals surface area contributed by atoms with Gasteiger partial charge in [0.1, 0.15) is 6.04 Å². The van der Waals surface area contributed by atoms with Crippen molar-refractivity contribution in [2.24, 2.45) is 5.73 Å². The van der Waals surface area contributed by atoms with E-state index in [1.165, 1.54) is 11.0 Å². The number of thiazole rings is 1. The maximum atomic E-state index is 11.0. The molecule has 0 aliphatic carbocycles. The number of aliphatic carboxylic acids is 2. The molecule has 2 amide bonds. The number of carbonyl (C=O) groups is 4. The summed E-state index contributed by atoms with van der Waals surface area (Å²) in [5.74, 6) is -1.79. The second-order valence-corrected chi connectivity index (χ2v) is 7.80. The van der Waals surface area contributed by atoms with Crippen molar-refractivity contribution in [1.82, 2.24) is 9.88 Å². The number of carboxylic acids is 2. The standard InChI is InChI=1S/C8H9N3O3S.C7H9NO3S/c9-7(14)4(1-2-6(12)13)5-3-15-8(10)11-5;9-5-3-6-8(5)4(7(10)11)1-2-12-6/h1,3H,2H2,(H2,9,14)(H2,10,11)(H,12,13);4,6H,1-3H2,(H,10,11)/b4-1-;/t;4?,6-/m.1/s1. The molecule has 27 heavy (non-hydrogen) atoms. The molecule has 0 saturated carbocycles. The summed E-state index contributed by atoms with van der Waals surface area (Å²) in [4.78, 5) is 48.4. The minimum Gasteiger partial charge on any atom is -0.481 e. The number of rotatable bonds is 5. The van der Waals surface area contributed by atoms with Crippen LogP contribution in [-0.4, -0.2) is 61.0 Å². The predicted octanol–water partition coefficient (Wildman–Crippen LogP) is 0.204. The summed E-state index contributed by atoms with van der Waals surface area (Å²) in [7, 11) is 0. The van der Waals surface area contributed by atoms with Crippen LogP contribution in [0.25, 0.3) is 5.57 Å². The first-order valence-electron chi connectivity index (χ1n) is 7.79. The highest BCUT2D eigenvalue weighted by molar-refractivity contribution is 8.00. The molecule has 0 bridgehead atoms. The Kier molecular flexibility index (Phi) is 6.80. The van der Waals surface area contributed by atoms with Gasteiger partial charge in [-0.3, -0.25) is 14.4 Å². The van der Waals surface area contributed by atoms with Gasteiger partial charge in [0.25, 0.3) is 5.91 Å². The van der Waals surface area contributed by atoms with Gasteiger partial charge in [0.15, 0.2) is 5.13 Å². The molecule has 3 rings (SSSR count). The van der Waals surface area contributed by atoms with E-state index in [9.17, 15) is 19.2 Å². The number of carboxylic acid groups (broad SMARTS) is 2. The normalized spacial score (nSPS) is 21.4. The molecule has 2 saturated heterocycles. The maximum Gasteiger partial charge on any atom is 0.326 e. The van der Waals surface area contributed by atoms with Crippen LogP contribution in [-0.2, 0) is 19.2 Å². The molecule has 146 valence electrons. The summed E-state index contributed by atoms with van der Waals surface area (Å²) in [6, 6.07) is -0.558. The fraction of sp³-hybridized carbons (Fsp3) is 0.400. The van der Waals surface area contributed by atoms with Crippen molar-refractivity contribution in [3.05, 3.63) is 17.2 Å². The highest BCUT2D eigenvalue weighted by Gasteiger charge is 2.46. The van der Waals surface area contributed by atoms with Gasteiger partial charge in [-0.15, -0.1) is 23.1 Å². The van der Waals surface area contributed by atoms with E-state index in [2.05, 4.69) is 4.98 Å². The largest absolute Gasteiger partial charge is 0.481 e. The lowest BCUT2D eigenvalue weighted by atomic mass is 10.1. The molecule has 3 heterocycles. The SMILES string of the molecule is NC(=O)/C(=C\CC(=O)O)c1csc(N)n1.O=C(O)C1CCS[C@@H]2CC(=O)N12. The second kappa shape index (κ2) is 8.86. The zero-order valence-electron chi connectivity index (χ0n) is 14.0. The molecule has 0 radical (unpaired) electrons. The van der Waals surface area contributed by atoms with Gasteiger partial charge in [-0.2, -0.15) is 0 Å². The molecule has 0 spiro atoms. The van der Waals surface area contributed by atoms with Crippen molar-refractivity contribution in [3.8, 4) is 0 Å². The Morgan fingerprint density at radius 1 is 1.37 bits per heavy atom. The number of hydrogen-bond donors (Lipinski definition) is 4. The van der Waals surface area contributed by atoms with E-state index in [4.69, 9.17) is 21.7 Å². The molecule has 1 aromatic heterocycles. The highest BCUT2D eigenvalue weighted by atomic mass is 32.2. The number of nitrogens with zero attached hydrogens (tertiary/aromatic N) is 2. The topological polar surface area (TPSA) is 177 Å². The third-order valence-corrected chi connectivity index (χ3v) is 5.74. The minimum absolute atomic E-state index is 0.0143. The van der Waals surface area contributed by atoms with Gasteiger partial charge in [-0.1, -0.05) is 6.08 Å². The summed E-state index contributed by atoms with van der Waals surface area (Å²) in [6.07, 6.45) is 2.05. The first-order valence-corrected chi connectivity index (χ1v) is 9.72. The van der Waals surface area contributed by atoms with Crippen molar-refractivity contribution in [1.29, 1.82) is 0 Å². The summed E-state index contributed by atoms with van der Waals surface area (Å²) >= 11 is 2.83. The lowest BCUT2D eigenvalue weighted by Gasteiger charge is -2.46. The molecule has 1 aromatic rings. The third-order valence-electron chi connectivity index (χ3n) is 3.81. The van der Waals surface area contributed by atoms with Crippen LogP contribution in [0.2, 0.25) is 0 Å². The van der Waals surface area contributed by atoms with E-state index in [0.717, 1.165) is 17.1 Å². The molecule has 2 aliphatic rings. The van der Waals surface area contributed by atoms with Crippen LogP contribution in [0.3, 0.4) is 0 Å². The lowest BCUT2D eigenvalue weighted by Crippen LogP contribution is -2.60. The molecule has 1 unspecified atom stereocenters. The van der Waals surface area contributed by atoms with Crippen molar-refractivity contribution in [3.63, 3.8) is 0 Å². The second-order valence-electron chi connectivity index (χ2n) is 5.62. The number of aromatic nitrogens is 1. The van der Waals surface area contributed by atoms with Crippen LogP contribution in [0.4, 0.5) is 5.13 Å². The Morgan fingerprint density at radius 3 is 2.52 bits per heavy atom. The van der Waals surface area contributed by atoms with Gasteiger partial charge in [-0.25, -0.2) is 9.78 Å². The van der Waals surface area contributed by atoms with E-state index in [1.54, 1.807) is 17.1 Å². The van der Waals surface area contributed by atoms with Crippen molar-refractivity contribution < 1.29 is 29.4 Å². The molecule has 2 aliphatic heterocycles. The summed E-state index contributed by atoms with van der Waals surface area (Å²) in [5, 5.41) is 19.2. The average molecular weight is 414 g/mol. The van der Waals surface area contributed by atoms with Crippen LogP contribution in [0.1, 0.15) is 25.0 Å². The summed E-state index contributed by atoms with van der Waals surface area (Å²) < 4.78 is 0. The van der Waals surface area contributed by atoms with Crippen molar-refractivity contribution in [2.75, 3.05) is 11.5 Å². The fourth-order valence-electron chi connectivity index (χ4n) is 2.54. The average Bonchev–Trinajstić information content (AvgIpc) is 2.99. The number of thioether (sulfide) groups is 1. The van der Waals surface area contributed by atoms with Crippen molar-refractivity contribution >= 4 is 57.6 Å². The number of anilines is 1. The van der Waals surface area contributed by atoms with E-state index in [-0.39, 0.29) is 23.3 Å². The van der Waals surface area contributed by atoms with Gasteiger partial charge < -0.3 is 26.6 Å². The Morgan fingerprint density at radius 2 is 2.07 bits per heavy atom. The quantitative estimate of drug-likeness (QED) is 0.387. The molecular formula is C15H18N4O6S2. The van der Waals surface area contributed by atoms with Crippen LogP contribution < -0.4 is 11.5 Å². The fourth-order valence-corrected chi connectivity index (χ4v) is 4.42. The van der Waals surface area contributed by atoms with Crippen LogP contribution in [0, 0.1) is 0 Å². The Labute approximate surface area is 162 Å². The predicted molar refractivity (Wildman–Crippen MR) is 99.7 cm³/mol. The number of amides is 2. The van der Waals surface area contributed by atoms with E-state index < -0.39 is 23.9 Å². The first-order chi connectivity index (χ1) is 12.7. The van der Waals surface area contributed by atoms with Crippen LogP contribution in [0.5, 0.6) is 0 Å². The van der Waals surface area contributed by atoms with Crippen LogP contribution in [0.15, 0.2) is 11.5 Å². The van der Waals surface area contributed by atoms with E-state index >= 15 is 0 Å². The number of nitrogens with two attached hydrogens (primary N) is 2. The molecule has 2 fully saturated rings. The Hall–Kier alpha value is -2.60. The number of nitrogen functional groups attached to an aromatic ring is 1. The molecule has 12 heteroatoms. The van der Waals surface area contributed by atoms with E-state index in [1.807, 2.05) is 0 Å².